The molecule has 3 aromatic rings. The summed E-state index contributed by atoms with van der Waals surface area (Å²) >= 11 is 0. The highest BCUT2D eigenvalue weighted by Gasteiger charge is 2.17. The first-order valence-electron chi connectivity index (χ1n) is 6.95. The van der Waals surface area contributed by atoms with Crippen molar-refractivity contribution in [1.82, 2.24) is 0 Å². The molecule has 1 unspecified atom stereocenters. The standard InChI is InChI=1S/C18H14N2O2S/c19-16-9-8-12(11-21)10-15(16)18(20)23(22)17-7-3-5-13-4-1-2-6-14(13)17/h1-11,20H,19H2. The number of aldehydes is 1. The van der Waals surface area contributed by atoms with Crippen LogP contribution in [0, 0.1) is 5.41 Å². The first kappa shape index (κ1) is 15.1. The first-order valence-corrected chi connectivity index (χ1v) is 8.10. The first-order chi connectivity index (χ1) is 11.1. The number of benzene rings is 3. The molecule has 0 aliphatic carbocycles. The van der Waals surface area contributed by atoms with Crippen LogP contribution in [0.25, 0.3) is 10.8 Å². The van der Waals surface area contributed by atoms with E-state index in [0.29, 0.717) is 28.0 Å². The summed E-state index contributed by atoms with van der Waals surface area (Å²) in [4.78, 5) is 11.5. The summed E-state index contributed by atoms with van der Waals surface area (Å²) in [5.74, 6) is 0. The van der Waals surface area contributed by atoms with Gasteiger partial charge in [0.05, 0.1) is 4.90 Å². The van der Waals surface area contributed by atoms with Gasteiger partial charge >= 0.3 is 0 Å². The highest BCUT2D eigenvalue weighted by atomic mass is 32.2. The number of anilines is 1. The molecule has 0 aliphatic heterocycles. The van der Waals surface area contributed by atoms with Crippen molar-refractivity contribution in [3.8, 4) is 0 Å². The van der Waals surface area contributed by atoms with Crippen LogP contribution in [0.3, 0.4) is 0 Å². The SMILES string of the molecule is N=C(c1cc(C=O)ccc1N)S(=O)c1cccc2ccccc12. The maximum absolute atomic E-state index is 12.9. The fraction of sp³-hybridized carbons (Fsp3) is 0. The Morgan fingerprint density at radius 1 is 1.04 bits per heavy atom. The van der Waals surface area contributed by atoms with Gasteiger partial charge in [0.15, 0.2) is 0 Å². The number of rotatable bonds is 3. The van der Waals surface area contributed by atoms with E-state index in [1.54, 1.807) is 18.2 Å². The quantitative estimate of drug-likeness (QED) is 0.335. The topological polar surface area (TPSA) is 84.0 Å². The monoisotopic (exact) mass is 322 g/mol. The lowest BCUT2D eigenvalue weighted by atomic mass is 10.1. The maximum atomic E-state index is 12.9. The van der Waals surface area contributed by atoms with Gasteiger partial charge in [0.1, 0.15) is 22.1 Å². The largest absolute Gasteiger partial charge is 0.398 e. The van der Waals surface area contributed by atoms with Crippen LogP contribution >= 0.6 is 0 Å². The van der Waals surface area contributed by atoms with Crippen LogP contribution in [0.1, 0.15) is 15.9 Å². The second kappa shape index (κ2) is 6.14. The predicted octanol–water partition coefficient (Wildman–Crippen LogP) is 3.37. The Kier molecular flexibility index (Phi) is 4.04. The van der Waals surface area contributed by atoms with Gasteiger partial charge in [0.25, 0.3) is 0 Å². The van der Waals surface area contributed by atoms with E-state index < -0.39 is 10.8 Å². The zero-order valence-electron chi connectivity index (χ0n) is 12.2. The van der Waals surface area contributed by atoms with E-state index in [-0.39, 0.29) is 5.04 Å². The summed E-state index contributed by atoms with van der Waals surface area (Å²) in [7, 11) is -1.69. The molecule has 5 heteroatoms. The summed E-state index contributed by atoms with van der Waals surface area (Å²) in [5.41, 5.74) is 6.93. The molecule has 4 nitrogen and oxygen atoms in total. The third-order valence-corrected chi connectivity index (χ3v) is 4.94. The van der Waals surface area contributed by atoms with Crippen LogP contribution < -0.4 is 5.73 Å². The third kappa shape index (κ3) is 2.78. The van der Waals surface area contributed by atoms with E-state index in [1.807, 2.05) is 36.4 Å². The predicted molar refractivity (Wildman–Crippen MR) is 93.4 cm³/mol. The minimum Gasteiger partial charge on any atom is -0.398 e. The van der Waals surface area contributed by atoms with Gasteiger partial charge in [-0.15, -0.1) is 0 Å². The van der Waals surface area contributed by atoms with Crippen molar-refractivity contribution in [2.45, 2.75) is 4.90 Å². The van der Waals surface area contributed by atoms with Gasteiger partial charge in [-0.2, -0.15) is 0 Å². The van der Waals surface area contributed by atoms with Crippen molar-refractivity contribution in [3.63, 3.8) is 0 Å². The van der Waals surface area contributed by atoms with Gasteiger partial charge in [0.2, 0.25) is 0 Å². The lowest BCUT2D eigenvalue weighted by molar-refractivity contribution is 0.112. The van der Waals surface area contributed by atoms with Crippen LogP contribution in [0.4, 0.5) is 5.69 Å². The molecule has 0 spiro atoms. The third-order valence-electron chi connectivity index (χ3n) is 3.59. The molecule has 0 aliphatic rings. The average molecular weight is 322 g/mol. The minimum absolute atomic E-state index is 0.109. The lowest BCUT2D eigenvalue weighted by Crippen LogP contribution is -2.11. The summed E-state index contributed by atoms with van der Waals surface area (Å²) in [6.07, 6.45) is 0.678. The molecule has 0 saturated carbocycles. The summed E-state index contributed by atoms with van der Waals surface area (Å²) in [6, 6.07) is 17.7. The highest BCUT2D eigenvalue weighted by molar-refractivity contribution is 8.01. The van der Waals surface area contributed by atoms with Gasteiger partial charge in [-0.1, -0.05) is 36.4 Å². The molecule has 0 radical (unpaired) electrons. The van der Waals surface area contributed by atoms with Crippen molar-refractivity contribution in [2.75, 3.05) is 5.73 Å². The number of hydrogen-bond acceptors (Lipinski definition) is 4. The number of nitrogens with two attached hydrogens (primary N) is 1. The summed E-state index contributed by atoms with van der Waals surface area (Å²) in [5, 5.41) is 9.95. The smallest absolute Gasteiger partial charge is 0.150 e. The second-order valence-electron chi connectivity index (χ2n) is 5.04. The minimum atomic E-state index is -1.69. The van der Waals surface area contributed by atoms with E-state index >= 15 is 0 Å². The zero-order chi connectivity index (χ0) is 16.4. The normalized spacial score (nSPS) is 12.0. The molecule has 23 heavy (non-hydrogen) atoms. The maximum Gasteiger partial charge on any atom is 0.150 e. The fourth-order valence-electron chi connectivity index (χ4n) is 2.41. The van der Waals surface area contributed by atoms with Crippen LogP contribution in [-0.4, -0.2) is 15.5 Å². The van der Waals surface area contributed by atoms with Gasteiger partial charge in [-0.05, 0) is 35.0 Å². The molecular weight excluding hydrogens is 308 g/mol. The van der Waals surface area contributed by atoms with Gasteiger partial charge in [0, 0.05) is 16.8 Å². The van der Waals surface area contributed by atoms with Crippen LogP contribution in [-0.2, 0) is 10.8 Å². The second-order valence-corrected chi connectivity index (χ2v) is 6.43. The van der Waals surface area contributed by atoms with E-state index in [0.717, 1.165) is 10.8 Å². The van der Waals surface area contributed by atoms with E-state index in [2.05, 4.69) is 0 Å². The molecule has 3 aromatic carbocycles. The lowest BCUT2D eigenvalue weighted by Gasteiger charge is -2.10. The Balaban J connectivity index is 2.09. The molecule has 0 heterocycles. The molecule has 3 rings (SSSR count). The van der Waals surface area contributed by atoms with Crippen molar-refractivity contribution in [1.29, 1.82) is 5.41 Å². The van der Waals surface area contributed by atoms with Crippen LogP contribution in [0.15, 0.2) is 65.6 Å². The number of fused-ring (bicyclic) bond motifs is 1. The Hall–Kier alpha value is -2.79. The molecule has 0 saturated heterocycles. The average Bonchev–Trinajstić information content (AvgIpc) is 2.60. The van der Waals surface area contributed by atoms with Crippen LogP contribution in [0.5, 0.6) is 0 Å². The number of nitrogen functional groups attached to an aromatic ring is 1. The molecule has 114 valence electrons. The summed E-state index contributed by atoms with van der Waals surface area (Å²) in [6.45, 7) is 0. The number of hydrogen-bond donors (Lipinski definition) is 2. The van der Waals surface area contributed by atoms with Crippen molar-refractivity contribution < 1.29 is 9.00 Å². The molecule has 3 N–H and O–H groups in total. The van der Waals surface area contributed by atoms with E-state index in [1.165, 1.54) is 6.07 Å². The number of carbonyl (C=O) groups excluding carboxylic acids is 1. The highest BCUT2D eigenvalue weighted by Crippen LogP contribution is 2.25. The summed E-state index contributed by atoms with van der Waals surface area (Å²) < 4.78 is 12.9. The molecule has 0 aromatic heterocycles. The molecule has 0 bridgehead atoms. The molecule has 0 fully saturated rings. The Bertz CT molecular complexity index is 945. The molecular formula is C18H14N2O2S. The van der Waals surface area contributed by atoms with Gasteiger partial charge < -0.3 is 5.73 Å². The van der Waals surface area contributed by atoms with Crippen molar-refractivity contribution in [3.05, 3.63) is 71.8 Å². The van der Waals surface area contributed by atoms with E-state index in [4.69, 9.17) is 11.1 Å². The Morgan fingerprint density at radius 2 is 1.78 bits per heavy atom. The van der Waals surface area contributed by atoms with Gasteiger partial charge in [-0.25, -0.2) is 4.21 Å². The Labute approximate surface area is 135 Å². The van der Waals surface area contributed by atoms with Crippen molar-refractivity contribution in [2.24, 2.45) is 0 Å². The molecule has 1 atom stereocenters. The Morgan fingerprint density at radius 3 is 2.57 bits per heavy atom. The number of nitrogens with one attached hydrogen (secondary N) is 1. The van der Waals surface area contributed by atoms with Gasteiger partial charge in [-0.3, -0.25) is 10.2 Å². The van der Waals surface area contributed by atoms with Crippen LogP contribution in [0.2, 0.25) is 0 Å². The fourth-order valence-corrected chi connectivity index (χ4v) is 3.60. The molecule has 0 amide bonds. The van der Waals surface area contributed by atoms with E-state index in [9.17, 15) is 9.00 Å². The van der Waals surface area contributed by atoms with Crippen molar-refractivity contribution >= 4 is 38.6 Å². The number of carbonyl (C=O) groups is 1. The zero-order valence-corrected chi connectivity index (χ0v) is 13.0.